The van der Waals surface area contributed by atoms with Crippen molar-refractivity contribution in [3.8, 4) is 5.75 Å². The van der Waals surface area contributed by atoms with Crippen LogP contribution in [0.5, 0.6) is 5.75 Å². The Morgan fingerprint density at radius 3 is 2.36 bits per heavy atom. The van der Waals surface area contributed by atoms with Crippen LogP contribution in [0.2, 0.25) is 0 Å². The molecule has 3 heteroatoms. The van der Waals surface area contributed by atoms with Crippen LogP contribution < -0.4 is 4.74 Å². The summed E-state index contributed by atoms with van der Waals surface area (Å²) in [7, 11) is 0. The van der Waals surface area contributed by atoms with Gasteiger partial charge in [-0.25, -0.2) is 4.79 Å². The van der Waals surface area contributed by atoms with Gasteiger partial charge in [-0.2, -0.15) is 0 Å². The van der Waals surface area contributed by atoms with E-state index in [2.05, 4.69) is 13.8 Å². The second kappa shape index (κ2) is 12.1. The van der Waals surface area contributed by atoms with Crippen LogP contribution in [-0.4, -0.2) is 12.8 Å². The van der Waals surface area contributed by atoms with Crippen LogP contribution in [0.1, 0.15) is 70.8 Å². The van der Waals surface area contributed by atoms with E-state index < -0.39 is 6.16 Å². The van der Waals surface area contributed by atoms with E-state index in [-0.39, 0.29) is 0 Å². The number of para-hydroxylation sites is 1. The molecule has 0 aliphatic carbocycles. The summed E-state index contributed by atoms with van der Waals surface area (Å²) in [5.41, 5.74) is 1.09. The molecule has 1 aromatic rings. The predicted octanol–water partition coefficient (Wildman–Crippen LogP) is 5.91. The van der Waals surface area contributed by atoms with E-state index in [1.165, 1.54) is 25.7 Å². The molecule has 0 saturated heterocycles. The van der Waals surface area contributed by atoms with Crippen molar-refractivity contribution in [2.24, 2.45) is 0 Å². The highest BCUT2D eigenvalue weighted by molar-refractivity contribution is 5.64. The van der Waals surface area contributed by atoms with Gasteiger partial charge in [0.25, 0.3) is 0 Å². The molecule has 0 fully saturated rings. The van der Waals surface area contributed by atoms with E-state index >= 15 is 0 Å². The summed E-state index contributed by atoms with van der Waals surface area (Å²) < 4.78 is 10.4. The summed E-state index contributed by atoms with van der Waals surface area (Å²) >= 11 is 0. The minimum absolute atomic E-state index is 0.436. The number of aryl methyl sites for hydroxylation is 1. The van der Waals surface area contributed by atoms with Crippen molar-refractivity contribution < 1.29 is 14.3 Å². The van der Waals surface area contributed by atoms with Crippen molar-refractivity contribution in [1.82, 2.24) is 0 Å². The third kappa shape index (κ3) is 8.06. The molecule has 0 aliphatic heterocycles. The monoisotopic (exact) mass is 306 g/mol. The maximum atomic E-state index is 11.7. The summed E-state index contributed by atoms with van der Waals surface area (Å²) in [4.78, 5) is 11.7. The Hall–Kier alpha value is -1.51. The van der Waals surface area contributed by atoms with E-state index in [0.29, 0.717) is 12.4 Å². The van der Waals surface area contributed by atoms with Crippen LogP contribution in [0.3, 0.4) is 0 Å². The number of unbranched alkanes of at least 4 members (excludes halogenated alkanes) is 6. The zero-order valence-corrected chi connectivity index (χ0v) is 14.1. The molecule has 3 nitrogen and oxygen atoms in total. The Kier molecular flexibility index (Phi) is 10.2. The molecule has 0 aromatic heterocycles. The topological polar surface area (TPSA) is 35.5 Å². The number of hydrogen-bond donors (Lipinski definition) is 0. The number of carbonyl (C=O) groups excluding carboxylic acids is 1. The normalized spacial score (nSPS) is 10.5. The molecule has 0 aliphatic rings. The molecule has 0 spiro atoms. The van der Waals surface area contributed by atoms with Crippen molar-refractivity contribution >= 4 is 6.16 Å². The summed E-state index contributed by atoms with van der Waals surface area (Å²) in [6, 6.07) is 7.75. The number of hydrogen-bond acceptors (Lipinski definition) is 3. The van der Waals surface area contributed by atoms with E-state index in [0.717, 1.165) is 37.7 Å². The van der Waals surface area contributed by atoms with Crippen molar-refractivity contribution in [2.75, 3.05) is 6.61 Å². The average molecular weight is 306 g/mol. The first-order valence-electron chi connectivity index (χ1n) is 8.70. The smallest absolute Gasteiger partial charge is 0.434 e. The fourth-order valence-corrected chi connectivity index (χ4v) is 2.36. The molecule has 22 heavy (non-hydrogen) atoms. The lowest BCUT2D eigenvalue weighted by Crippen LogP contribution is -2.12. The molecule has 0 heterocycles. The van der Waals surface area contributed by atoms with Gasteiger partial charge in [-0.15, -0.1) is 0 Å². The maximum Gasteiger partial charge on any atom is 0.513 e. The Bertz CT molecular complexity index is 415. The second-order valence-electron chi connectivity index (χ2n) is 5.68. The summed E-state index contributed by atoms with van der Waals surface area (Å²) in [6.45, 7) is 4.77. The van der Waals surface area contributed by atoms with Gasteiger partial charge in [-0.1, -0.05) is 70.6 Å². The van der Waals surface area contributed by atoms with E-state index in [1.54, 1.807) is 0 Å². The third-order valence-electron chi connectivity index (χ3n) is 3.68. The zero-order valence-electron chi connectivity index (χ0n) is 14.1. The van der Waals surface area contributed by atoms with Gasteiger partial charge in [0.1, 0.15) is 5.75 Å². The van der Waals surface area contributed by atoms with E-state index in [9.17, 15) is 4.79 Å². The lowest BCUT2D eigenvalue weighted by atomic mass is 10.0. The minimum atomic E-state index is -0.588. The standard InChI is InChI=1S/C19H30O3/c1-3-5-7-8-9-13-17-14-10-11-15-18(17)22-19(20)21-16-12-6-4-2/h10-11,14-15H,3-9,12-13,16H2,1-2H3. The quantitative estimate of drug-likeness (QED) is 0.290. The zero-order chi connectivity index (χ0) is 16.0. The SMILES string of the molecule is CCCCCCCc1ccccc1OC(=O)OCCCCC. The largest absolute Gasteiger partial charge is 0.513 e. The summed E-state index contributed by atoms with van der Waals surface area (Å²) in [6.07, 6.45) is 9.61. The second-order valence-corrected chi connectivity index (χ2v) is 5.68. The molecule has 0 radical (unpaired) electrons. The highest BCUT2D eigenvalue weighted by atomic mass is 16.7. The third-order valence-corrected chi connectivity index (χ3v) is 3.68. The maximum absolute atomic E-state index is 11.7. The molecule has 0 bridgehead atoms. The average Bonchev–Trinajstić information content (AvgIpc) is 2.53. The van der Waals surface area contributed by atoms with Gasteiger partial charge in [0, 0.05) is 0 Å². The molecule has 0 unspecified atom stereocenters. The fraction of sp³-hybridized carbons (Fsp3) is 0.632. The first-order valence-corrected chi connectivity index (χ1v) is 8.70. The Labute approximate surface area is 135 Å². The van der Waals surface area contributed by atoms with Crippen molar-refractivity contribution in [2.45, 2.75) is 71.6 Å². The van der Waals surface area contributed by atoms with Gasteiger partial charge in [0.05, 0.1) is 6.61 Å². The lowest BCUT2D eigenvalue weighted by Gasteiger charge is -2.10. The fourth-order valence-electron chi connectivity index (χ4n) is 2.36. The molecular weight excluding hydrogens is 276 g/mol. The number of benzene rings is 1. The van der Waals surface area contributed by atoms with Gasteiger partial charge in [0.15, 0.2) is 0 Å². The first-order chi connectivity index (χ1) is 10.8. The van der Waals surface area contributed by atoms with Crippen LogP contribution in [-0.2, 0) is 11.2 Å². The van der Waals surface area contributed by atoms with Crippen LogP contribution in [0.15, 0.2) is 24.3 Å². The highest BCUT2D eigenvalue weighted by Crippen LogP contribution is 2.21. The van der Waals surface area contributed by atoms with Gasteiger partial charge in [0.2, 0.25) is 0 Å². The van der Waals surface area contributed by atoms with Crippen LogP contribution >= 0.6 is 0 Å². The van der Waals surface area contributed by atoms with Gasteiger partial charge >= 0.3 is 6.16 Å². The van der Waals surface area contributed by atoms with Crippen LogP contribution in [0, 0.1) is 0 Å². The Morgan fingerprint density at radius 2 is 1.59 bits per heavy atom. The minimum Gasteiger partial charge on any atom is -0.434 e. The van der Waals surface area contributed by atoms with Gasteiger partial charge in [-0.05, 0) is 30.9 Å². The van der Waals surface area contributed by atoms with Gasteiger partial charge < -0.3 is 9.47 Å². The van der Waals surface area contributed by atoms with Crippen molar-refractivity contribution in [3.05, 3.63) is 29.8 Å². The summed E-state index contributed by atoms with van der Waals surface area (Å²) in [5.74, 6) is 0.637. The predicted molar refractivity (Wildman–Crippen MR) is 90.4 cm³/mol. The Balaban J connectivity index is 2.37. The first kappa shape index (κ1) is 18.5. The highest BCUT2D eigenvalue weighted by Gasteiger charge is 2.09. The number of ether oxygens (including phenoxy) is 2. The molecule has 0 atom stereocenters. The van der Waals surface area contributed by atoms with Crippen LogP contribution in [0.4, 0.5) is 4.79 Å². The van der Waals surface area contributed by atoms with Crippen molar-refractivity contribution in [1.29, 1.82) is 0 Å². The number of carbonyl (C=O) groups is 1. The molecule has 0 saturated carbocycles. The Morgan fingerprint density at radius 1 is 0.909 bits per heavy atom. The molecule has 124 valence electrons. The molecular formula is C19H30O3. The lowest BCUT2D eigenvalue weighted by molar-refractivity contribution is 0.0971. The number of rotatable bonds is 11. The van der Waals surface area contributed by atoms with Crippen molar-refractivity contribution in [3.63, 3.8) is 0 Å². The van der Waals surface area contributed by atoms with Crippen LogP contribution in [0.25, 0.3) is 0 Å². The van der Waals surface area contributed by atoms with E-state index in [4.69, 9.17) is 9.47 Å². The molecule has 1 aromatic carbocycles. The summed E-state index contributed by atoms with van der Waals surface area (Å²) in [5, 5.41) is 0. The molecule has 1 rings (SSSR count). The molecule has 0 amide bonds. The van der Waals surface area contributed by atoms with Gasteiger partial charge in [-0.3, -0.25) is 0 Å². The van der Waals surface area contributed by atoms with E-state index in [1.807, 2.05) is 24.3 Å². The molecule has 0 N–H and O–H groups in total.